The predicted molar refractivity (Wildman–Crippen MR) is 117 cm³/mol. The number of nitrogens with one attached hydrogen (secondary N) is 1. The number of nitrogens with zero attached hydrogens (tertiary/aromatic N) is 1. The van der Waals surface area contributed by atoms with Gasteiger partial charge in [-0.15, -0.1) is 0 Å². The summed E-state index contributed by atoms with van der Waals surface area (Å²) in [7, 11) is 0. The molecule has 5 heteroatoms. The topological polar surface area (TPSA) is 82.4 Å². The van der Waals surface area contributed by atoms with Gasteiger partial charge in [0.1, 0.15) is 5.75 Å². The summed E-state index contributed by atoms with van der Waals surface area (Å²) in [5, 5.41) is 10.8. The van der Waals surface area contributed by atoms with E-state index in [1.807, 2.05) is 30.5 Å². The number of aromatic hydroxyl groups is 1. The fourth-order valence-electron chi connectivity index (χ4n) is 4.07. The maximum Gasteiger partial charge on any atom is 0.248 e. The molecule has 0 aliphatic carbocycles. The quantitative estimate of drug-likeness (QED) is 0.533. The molecule has 150 valence electrons. The zero-order chi connectivity index (χ0) is 20.2. The van der Waals surface area contributed by atoms with Crippen LogP contribution in [0.5, 0.6) is 5.75 Å². The van der Waals surface area contributed by atoms with Crippen LogP contribution in [0.15, 0.2) is 54.7 Å². The van der Waals surface area contributed by atoms with E-state index in [-0.39, 0.29) is 5.91 Å². The standard InChI is InChI=1S/C24H27N3O2/c25-24(29)19-7-8-23-22(15-19)20(16-26-23)4-1-2-11-27-12-9-17(10-13-27)18-5-3-6-21(28)14-18/h3,5-9,14-16,26,28H,1-2,4,10-13H2,(H2,25,29). The molecular formula is C24H27N3O2. The Balaban J connectivity index is 1.28. The molecule has 0 atom stereocenters. The van der Waals surface area contributed by atoms with Gasteiger partial charge in [-0.2, -0.15) is 0 Å². The number of phenols is 1. The highest BCUT2D eigenvalue weighted by atomic mass is 16.3. The van der Waals surface area contributed by atoms with Gasteiger partial charge in [0.2, 0.25) is 5.91 Å². The van der Waals surface area contributed by atoms with Gasteiger partial charge in [0.05, 0.1) is 0 Å². The molecule has 0 unspecified atom stereocenters. The number of H-pyrrole nitrogens is 1. The Kier molecular flexibility index (Phi) is 5.67. The van der Waals surface area contributed by atoms with Crippen LogP contribution >= 0.6 is 0 Å². The number of primary amides is 1. The second-order valence-electron chi connectivity index (χ2n) is 7.73. The Morgan fingerprint density at radius 2 is 2.07 bits per heavy atom. The number of carbonyl (C=O) groups excluding carboxylic acids is 1. The van der Waals surface area contributed by atoms with Crippen molar-refractivity contribution in [3.8, 4) is 5.75 Å². The SMILES string of the molecule is NC(=O)c1ccc2[nH]cc(CCCCN3CC=C(c4cccc(O)c4)CC3)c2c1. The minimum atomic E-state index is -0.387. The number of nitrogens with two attached hydrogens (primary N) is 1. The molecular weight excluding hydrogens is 362 g/mol. The van der Waals surface area contributed by atoms with Crippen molar-refractivity contribution in [3.05, 3.63) is 71.4 Å². The normalized spacial score (nSPS) is 14.8. The summed E-state index contributed by atoms with van der Waals surface area (Å²) in [6.45, 7) is 3.09. The van der Waals surface area contributed by atoms with E-state index >= 15 is 0 Å². The number of aromatic nitrogens is 1. The number of benzene rings is 2. The van der Waals surface area contributed by atoms with Gasteiger partial charge in [-0.25, -0.2) is 0 Å². The van der Waals surface area contributed by atoms with Gasteiger partial charge in [-0.05, 0) is 79.3 Å². The molecule has 29 heavy (non-hydrogen) atoms. The van der Waals surface area contributed by atoms with Gasteiger partial charge in [-0.3, -0.25) is 9.69 Å². The van der Waals surface area contributed by atoms with Crippen molar-refractivity contribution in [2.75, 3.05) is 19.6 Å². The molecule has 5 nitrogen and oxygen atoms in total. The second-order valence-corrected chi connectivity index (χ2v) is 7.73. The Hall–Kier alpha value is -3.05. The molecule has 0 bridgehead atoms. The molecule has 2 aromatic carbocycles. The minimum Gasteiger partial charge on any atom is -0.508 e. The van der Waals surface area contributed by atoms with Gasteiger partial charge >= 0.3 is 0 Å². The molecule has 0 saturated carbocycles. The number of phenolic OH excluding ortho intramolecular Hbond substituents is 1. The monoisotopic (exact) mass is 389 g/mol. The molecule has 4 rings (SSSR count). The van der Waals surface area contributed by atoms with Crippen LogP contribution in [0.2, 0.25) is 0 Å². The third kappa shape index (κ3) is 4.51. The highest BCUT2D eigenvalue weighted by molar-refractivity contribution is 5.97. The number of carbonyl (C=O) groups is 1. The van der Waals surface area contributed by atoms with Crippen LogP contribution in [-0.2, 0) is 6.42 Å². The van der Waals surface area contributed by atoms with Crippen LogP contribution < -0.4 is 5.73 Å². The molecule has 3 aromatic rings. The Labute approximate surface area is 170 Å². The van der Waals surface area contributed by atoms with Gasteiger partial charge in [-0.1, -0.05) is 18.2 Å². The average Bonchev–Trinajstić information content (AvgIpc) is 3.14. The van der Waals surface area contributed by atoms with Crippen molar-refractivity contribution in [1.82, 2.24) is 9.88 Å². The molecule has 0 radical (unpaired) electrons. The van der Waals surface area contributed by atoms with Crippen molar-refractivity contribution in [3.63, 3.8) is 0 Å². The fraction of sp³-hybridized carbons (Fsp3) is 0.292. The Bertz CT molecular complexity index is 1050. The van der Waals surface area contributed by atoms with Gasteiger partial charge < -0.3 is 15.8 Å². The minimum absolute atomic E-state index is 0.325. The third-order valence-corrected chi connectivity index (χ3v) is 5.73. The van der Waals surface area contributed by atoms with Crippen LogP contribution in [0.1, 0.15) is 40.7 Å². The van der Waals surface area contributed by atoms with Crippen molar-refractivity contribution in [2.24, 2.45) is 5.73 Å². The van der Waals surface area contributed by atoms with Crippen LogP contribution in [0.3, 0.4) is 0 Å². The first-order valence-corrected chi connectivity index (χ1v) is 10.2. The summed E-state index contributed by atoms with van der Waals surface area (Å²) in [6, 6.07) is 13.1. The van der Waals surface area contributed by atoms with E-state index in [1.165, 1.54) is 11.1 Å². The number of aryl methyl sites for hydroxylation is 1. The first kappa shape index (κ1) is 19.3. The van der Waals surface area contributed by atoms with Gasteiger partial charge in [0.25, 0.3) is 0 Å². The van der Waals surface area contributed by atoms with Crippen LogP contribution in [0.25, 0.3) is 16.5 Å². The average molecular weight is 389 g/mol. The van der Waals surface area contributed by atoms with Crippen LogP contribution in [0.4, 0.5) is 0 Å². The smallest absolute Gasteiger partial charge is 0.248 e. The maximum atomic E-state index is 11.4. The summed E-state index contributed by atoms with van der Waals surface area (Å²) in [4.78, 5) is 17.2. The molecule has 1 aliphatic rings. The molecule has 0 fully saturated rings. The van der Waals surface area contributed by atoms with Gasteiger partial charge in [0, 0.05) is 35.8 Å². The highest BCUT2D eigenvalue weighted by Crippen LogP contribution is 2.25. The van der Waals surface area contributed by atoms with E-state index in [4.69, 9.17) is 5.73 Å². The number of amides is 1. The van der Waals surface area contributed by atoms with Crippen LogP contribution in [0, 0.1) is 0 Å². The molecule has 0 spiro atoms. The molecule has 1 aromatic heterocycles. The van der Waals surface area contributed by atoms with Crippen molar-refractivity contribution >= 4 is 22.4 Å². The molecule has 0 saturated heterocycles. The number of rotatable bonds is 7. The number of hydrogen-bond acceptors (Lipinski definition) is 3. The van der Waals surface area contributed by atoms with Gasteiger partial charge in [0.15, 0.2) is 0 Å². The predicted octanol–water partition coefficient (Wildman–Crippen LogP) is 4.08. The van der Waals surface area contributed by atoms with E-state index in [9.17, 15) is 9.90 Å². The molecule has 4 N–H and O–H groups in total. The zero-order valence-electron chi connectivity index (χ0n) is 16.5. The number of hydrogen-bond donors (Lipinski definition) is 3. The fourth-order valence-corrected chi connectivity index (χ4v) is 4.07. The summed E-state index contributed by atoms with van der Waals surface area (Å²) < 4.78 is 0. The summed E-state index contributed by atoms with van der Waals surface area (Å²) >= 11 is 0. The molecule has 1 aliphatic heterocycles. The van der Waals surface area contributed by atoms with E-state index in [2.05, 4.69) is 22.0 Å². The van der Waals surface area contributed by atoms with Crippen molar-refractivity contribution in [2.45, 2.75) is 25.7 Å². The van der Waals surface area contributed by atoms with E-state index in [0.29, 0.717) is 11.3 Å². The number of fused-ring (bicyclic) bond motifs is 1. The molecule has 1 amide bonds. The lowest BCUT2D eigenvalue weighted by atomic mass is 9.99. The van der Waals surface area contributed by atoms with E-state index in [1.54, 1.807) is 12.1 Å². The molecule has 2 heterocycles. The van der Waals surface area contributed by atoms with Crippen LogP contribution in [-0.4, -0.2) is 40.5 Å². The van der Waals surface area contributed by atoms with E-state index in [0.717, 1.165) is 61.8 Å². The largest absolute Gasteiger partial charge is 0.508 e. The third-order valence-electron chi connectivity index (χ3n) is 5.73. The summed E-state index contributed by atoms with van der Waals surface area (Å²) in [6.07, 6.45) is 8.57. The first-order valence-electron chi connectivity index (χ1n) is 10.2. The zero-order valence-corrected chi connectivity index (χ0v) is 16.5. The summed E-state index contributed by atoms with van der Waals surface area (Å²) in [5.41, 5.74) is 10.7. The number of aromatic amines is 1. The maximum absolute atomic E-state index is 11.4. The first-order chi connectivity index (χ1) is 14.1. The second kappa shape index (κ2) is 8.53. The summed E-state index contributed by atoms with van der Waals surface area (Å²) in [5.74, 6) is -0.0617. The lowest BCUT2D eigenvalue weighted by Gasteiger charge is -2.26. The Morgan fingerprint density at radius 1 is 1.17 bits per heavy atom. The highest BCUT2D eigenvalue weighted by Gasteiger charge is 2.13. The Morgan fingerprint density at radius 3 is 2.83 bits per heavy atom. The number of unbranched alkanes of at least 4 members (excludes halogenated alkanes) is 1. The van der Waals surface area contributed by atoms with Crippen molar-refractivity contribution < 1.29 is 9.90 Å². The lowest BCUT2D eigenvalue weighted by Crippen LogP contribution is -2.29. The van der Waals surface area contributed by atoms with E-state index < -0.39 is 0 Å². The lowest BCUT2D eigenvalue weighted by molar-refractivity contribution is 0.100. The van der Waals surface area contributed by atoms with Crippen molar-refractivity contribution in [1.29, 1.82) is 0 Å².